The number of esters is 1. The molecule has 1 aromatic carbocycles. The first-order valence-corrected chi connectivity index (χ1v) is 10.4. The Kier molecular flexibility index (Phi) is 5.09. The van der Waals surface area contributed by atoms with Crippen molar-refractivity contribution in [1.82, 2.24) is 4.98 Å². The maximum absolute atomic E-state index is 12.8. The van der Waals surface area contributed by atoms with Gasteiger partial charge in [-0.3, -0.25) is 4.79 Å². The molecule has 1 atom stereocenters. The molecule has 1 saturated heterocycles. The predicted octanol–water partition coefficient (Wildman–Crippen LogP) is 4.00. The number of hydrogen-bond donors (Lipinski definition) is 1. The van der Waals surface area contributed by atoms with Crippen LogP contribution in [0.25, 0.3) is 10.2 Å². The van der Waals surface area contributed by atoms with Crippen molar-refractivity contribution < 1.29 is 14.3 Å². The van der Waals surface area contributed by atoms with E-state index < -0.39 is 5.97 Å². The van der Waals surface area contributed by atoms with Gasteiger partial charge in [-0.2, -0.15) is 0 Å². The van der Waals surface area contributed by atoms with Crippen LogP contribution in [-0.4, -0.2) is 37.1 Å². The van der Waals surface area contributed by atoms with Gasteiger partial charge in [0.15, 0.2) is 5.13 Å². The van der Waals surface area contributed by atoms with Gasteiger partial charge in [-0.25, -0.2) is 9.78 Å². The Bertz CT molecular complexity index is 948. The van der Waals surface area contributed by atoms with Crippen molar-refractivity contribution in [3.8, 4) is 0 Å². The highest BCUT2D eigenvalue weighted by Gasteiger charge is 2.28. The molecule has 3 aromatic rings. The number of carbonyl (C=O) groups excluding carboxylic acids is 2. The summed E-state index contributed by atoms with van der Waals surface area (Å²) in [5.41, 5.74) is 1.39. The van der Waals surface area contributed by atoms with Crippen LogP contribution in [0.5, 0.6) is 0 Å². The molecule has 1 fully saturated rings. The molecular formula is C19H19N3O3S2. The van der Waals surface area contributed by atoms with Crippen molar-refractivity contribution in [3.05, 3.63) is 41.3 Å². The van der Waals surface area contributed by atoms with E-state index in [0.717, 1.165) is 34.7 Å². The summed E-state index contributed by atoms with van der Waals surface area (Å²) in [7, 11) is 1.34. The number of thiophene rings is 1. The number of anilines is 2. The average Bonchev–Trinajstić information content (AvgIpc) is 3.34. The lowest BCUT2D eigenvalue weighted by atomic mass is 9.97. The molecule has 140 valence electrons. The summed E-state index contributed by atoms with van der Waals surface area (Å²) in [4.78, 5) is 31.5. The zero-order valence-electron chi connectivity index (χ0n) is 14.8. The minimum atomic E-state index is -0.439. The molecule has 0 bridgehead atoms. The van der Waals surface area contributed by atoms with Crippen molar-refractivity contribution >= 4 is 54.9 Å². The van der Waals surface area contributed by atoms with Crippen LogP contribution in [0, 0.1) is 5.92 Å². The number of benzene rings is 1. The maximum Gasteiger partial charge on any atom is 0.340 e. The van der Waals surface area contributed by atoms with Crippen LogP contribution in [0.3, 0.4) is 0 Å². The topological polar surface area (TPSA) is 71.5 Å². The van der Waals surface area contributed by atoms with E-state index in [1.54, 1.807) is 22.8 Å². The van der Waals surface area contributed by atoms with Gasteiger partial charge >= 0.3 is 5.97 Å². The Morgan fingerprint density at radius 2 is 2.15 bits per heavy atom. The van der Waals surface area contributed by atoms with Crippen LogP contribution in [0.15, 0.2) is 35.7 Å². The molecule has 2 aromatic heterocycles. The van der Waals surface area contributed by atoms with Gasteiger partial charge in [0.2, 0.25) is 5.91 Å². The summed E-state index contributed by atoms with van der Waals surface area (Å²) < 4.78 is 5.92. The second-order valence-electron chi connectivity index (χ2n) is 6.39. The largest absolute Gasteiger partial charge is 0.465 e. The van der Waals surface area contributed by atoms with Crippen LogP contribution >= 0.6 is 22.7 Å². The Labute approximate surface area is 164 Å². The number of nitrogens with zero attached hydrogens (tertiary/aromatic N) is 2. The van der Waals surface area contributed by atoms with E-state index in [-0.39, 0.29) is 11.8 Å². The first-order valence-electron chi connectivity index (χ1n) is 8.73. The van der Waals surface area contributed by atoms with Crippen LogP contribution in [0.2, 0.25) is 0 Å². The van der Waals surface area contributed by atoms with E-state index in [9.17, 15) is 9.59 Å². The predicted molar refractivity (Wildman–Crippen MR) is 109 cm³/mol. The molecule has 27 heavy (non-hydrogen) atoms. The summed E-state index contributed by atoms with van der Waals surface area (Å²) in [5, 5.41) is 6.19. The van der Waals surface area contributed by atoms with E-state index in [0.29, 0.717) is 17.1 Å². The van der Waals surface area contributed by atoms with Gasteiger partial charge < -0.3 is 15.0 Å². The second kappa shape index (κ2) is 7.66. The number of piperidine rings is 1. The number of para-hydroxylation sites is 1. The number of thiazole rings is 1. The molecule has 0 saturated carbocycles. The lowest BCUT2D eigenvalue weighted by Gasteiger charge is -2.31. The molecular weight excluding hydrogens is 382 g/mol. The number of methoxy groups -OCH3 is 1. The molecule has 8 heteroatoms. The van der Waals surface area contributed by atoms with E-state index >= 15 is 0 Å². The van der Waals surface area contributed by atoms with Crippen LogP contribution in [0.4, 0.5) is 10.1 Å². The van der Waals surface area contributed by atoms with Crippen molar-refractivity contribution in [2.75, 3.05) is 30.4 Å². The molecule has 3 heterocycles. The summed E-state index contributed by atoms with van der Waals surface area (Å²) >= 11 is 2.99. The Balaban J connectivity index is 1.47. The number of rotatable bonds is 4. The third-order valence-corrected chi connectivity index (χ3v) is 6.58. The molecule has 0 aliphatic carbocycles. The fourth-order valence-electron chi connectivity index (χ4n) is 3.25. The van der Waals surface area contributed by atoms with Gasteiger partial charge in [0.25, 0.3) is 0 Å². The number of hydrogen-bond acceptors (Lipinski definition) is 7. The average molecular weight is 402 g/mol. The zero-order chi connectivity index (χ0) is 18.8. The molecule has 0 spiro atoms. The van der Waals surface area contributed by atoms with Gasteiger partial charge in [0.1, 0.15) is 5.00 Å². The minimum absolute atomic E-state index is 0.0617. The SMILES string of the molecule is COC(=O)c1ccsc1NC(=O)C1CCCN(c2nc3ccccc3s2)C1. The monoisotopic (exact) mass is 401 g/mol. The quantitative estimate of drug-likeness (QED) is 0.669. The smallest absolute Gasteiger partial charge is 0.340 e. The van der Waals surface area contributed by atoms with Crippen LogP contribution in [-0.2, 0) is 9.53 Å². The summed E-state index contributed by atoms with van der Waals surface area (Å²) in [6.45, 7) is 1.53. The fraction of sp³-hybridized carbons (Fsp3) is 0.316. The Morgan fingerprint density at radius 1 is 1.30 bits per heavy atom. The highest BCUT2D eigenvalue weighted by molar-refractivity contribution is 7.22. The molecule has 1 aliphatic heterocycles. The number of nitrogens with one attached hydrogen (secondary N) is 1. The van der Waals surface area contributed by atoms with E-state index in [1.807, 2.05) is 18.2 Å². The third-order valence-electron chi connectivity index (χ3n) is 4.65. The molecule has 0 radical (unpaired) electrons. The van der Waals surface area contributed by atoms with Crippen LogP contribution in [0.1, 0.15) is 23.2 Å². The Hall–Kier alpha value is -2.45. The van der Waals surface area contributed by atoms with Gasteiger partial charge in [-0.05, 0) is 36.4 Å². The maximum atomic E-state index is 12.8. The molecule has 4 rings (SSSR count). The zero-order valence-corrected chi connectivity index (χ0v) is 16.4. The van der Waals surface area contributed by atoms with Gasteiger partial charge in [0.05, 0.1) is 28.8 Å². The Morgan fingerprint density at radius 3 is 2.96 bits per heavy atom. The third kappa shape index (κ3) is 3.68. The fourth-order valence-corrected chi connectivity index (χ4v) is 5.03. The number of aromatic nitrogens is 1. The lowest BCUT2D eigenvalue weighted by molar-refractivity contribution is -0.120. The van der Waals surface area contributed by atoms with Gasteiger partial charge in [-0.1, -0.05) is 23.5 Å². The summed E-state index contributed by atoms with van der Waals surface area (Å²) in [5.74, 6) is -0.641. The molecule has 1 amide bonds. The standard InChI is InChI=1S/C19H19N3O3S2/c1-25-18(24)13-8-10-26-17(13)21-16(23)12-5-4-9-22(11-12)19-20-14-6-2-3-7-15(14)27-19/h2-3,6-8,10,12H,4-5,9,11H2,1H3,(H,21,23). The molecule has 6 nitrogen and oxygen atoms in total. The summed E-state index contributed by atoms with van der Waals surface area (Å²) in [6, 6.07) is 9.74. The molecule has 1 unspecified atom stereocenters. The van der Waals surface area contributed by atoms with Crippen molar-refractivity contribution in [3.63, 3.8) is 0 Å². The molecule has 1 N–H and O–H groups in total. The van der Waals surface area contributed by atoms with Gasteiger partial charge in [0, 0.05) is 13.1 Å². The second-order valence-corrected chi connectivity index (χ2v) is 8.32. The van der Waals surface area contributed by atoms with E-state index in [1.165, 1.54) is 18.4 Å². The number of fused-ring (bicyclic) bond motifs is 1. The molecule has 1 aliphatic rings. The first kappa shape index (κ1) is 17.9. The van der Waals surface area contributed by atoms with E-state index in [4.69, 9.17) is 9.72 Å². The van der Waals surface area contributed by atoms with Gasteiger partial charge in [-0.15, -0.1) is 11.3 Å². The minimum Gasteiger partial charge on any atom is -0.465 e. The lowest BCUT2D eigenvalue weighted by Crippen LogP contribution is -2.40. The van der Waals surface area contributed by atoms with E-state index in [2.05, 4.69) is 16.3 Å². The highest BCUT2D eigenvalue weighted by atomic mass is 32.1. The summed E-state index contributed by atoms with van der Waals surface area (Å²) in [6.07, 6.45) is 1.76. The van der Waals surface area contributed by atoms with Crippen LogP contribution < -0.4 is 10.2 Å². The van der Waals surface area contributed by atoms with Crippen molar-refractivity contribution in [2.45, 2.75) is 12.8 Å². The van der Waals surface area contributed by atoms with Crippen molar-refractivity contribution in [1.29, 1.82) is 0 Å². The normalized spacial score (nSPS) is 17.1. The number of ether oxygens (including phenoxy) is 1. The number of amides is 1. The highest BCUT2D eigenvalue weighted by Crippen LogP contribution is 2.32. The first-order chi connectivity index (χ1) is 13.2. The number of carbonyl (C=O) groups is 2. The van der Waals surface area contributed by atoms with Crippen molar-refractivity contribution in [2.24, 2.45) is 5.92 Å².